The molecule has 4 rings (SSSR count). The van der Waals surface area contributed by atoms with E-state index in [4.69, 9.17) is 11.6 Å². The number of sulfonamides is 1. The van der Waals surface area contributed by atoms with Gasteiger partial charge in [0.1, 0.15) is 12.6 Å². The highest BCUT2D eigenvalue weighted by atomic mass is 79.9. The molecular weight excluding hydrogens is 662 g/mol. The summed E-state index contributed by atoms with van der Waals surface area (Å²) in [7, 11) is -4.17. The SMILES string of the molecule is CCCNC(=O)[C@@H](Cc1ccccc1)N(Cc1cccc(Cl)c1)C(=O)CN(c1cccc(Br)c1)S(=O)(=O)c1ccc(C)cc1. The molecule has 230 valence electrons. The Labute approximate surface area is 273 Å². The Balaban J connectivity index is 1.80. The van der Waals surface area contributed by atoms with Crippen molar-refractivity contribution in [1.29, 1.82) is 0 Å². The molecule has 0 unspecified atom stereocenters. The molecule has 0 fully saturated rings. The molecule has 0 bridgehead atoms. The first-order chi connectivity index (χ1) is 21.1. The summed E-state index contributed by atoms with van der Waals surface area (Å²) in [5.41, 5.74) is 2.79. The van der Waals surface area contributed by atoms with E-state index in [-0.39, 0.29) is 23.8 Å². The van der Waals surface area contributed by atoms with Crippen molar-refractivity contribution in [1.82, 2.24) is 10.2 Å². The van der Waals surface area contributed by atoms with Crippen molar-refractivity contribution < 1.29 is 18.0 Å². The van der Waals surface area contributed by atoms with Crippen molar-refractivity contribution in [2.24, 2.45) is 0 Å². The number of benzene rings is 4. The summed E-state index contributed by atoms with van der Waals surface area (Å²) in [5.74, 6) is -0.852. The Bertz CT molecular complexity index is 1680. The van der Waals surface area contributed by atoms with Crippen LogP contribution in [0, 0.1) is 6.92 Å². The molecule has 0 aromatic heterocycles. The van der Waals surface area contributed by atoms with Crippen LogP contribution in [-0.2, 0) is 32.6 Å². The third-order valence-corrected chi connectivity index (χ3v) is 9.56. The zero-order valence-corrected chi connectivity index (χ0v) is 27.8. The zero-order chi connectivity index (χ0) is 31.7. The van der Waals surface area contributed by atoms with Crippen LogP contribution in [0.15, 0.2) is 112 Å². The molecule has 0 heterocycles. The fourth-order valence-corrected chi connectivity index (χ4v) is 6.76. The van der Waals surface area contributed by atoms with Gasteiger partial charge in [-0.25, -0.2) is 8.42 Å². The van der Waals surface area contributed by atoms with Gasteiger partial charge in [0.2, 0.25) is 11.8 Å². The van der Waals surface area contributed by atoms with Crippen LogP contribution < -0.4 is 9.62 Å². The molecule has 2 amide bonds. The maximum atomic E-state index is 14.4. The number of halogens is 2. The predicted octanol–water partition coefficient (Wildman–Crippen LogP) is 6.77. The highest BCUT2D eigenvalue weighted by molar-refractivity contribution is 9.10. The first-order valence-electron chi connectivity index (χ1n) is 14.3. The maximum absolute atomic E-state index is 14.4. The Morgan fingerprint density at radius 2 is 1.57 bits per heavy atom. The van der Waals surface area contributed by atoms with Crippen LogP contribution >= 0.6 is 27.5 Å². The fourth-order valence-electron chi connectivity index (χ4n) is 4.75. The zero-order valence-electron chi connectivity index (χ0n) is 24.6. The van der Waals surface area contributed by atoms with E-state index in [0.29, 0.717) is 27.3 Å². The topological polar surface area (TPSA) is 86.8 Å². The van der Waals surface area contributed by atoms with Gasteiger partial charge in [0, 0.05) is 29.0 Å². The van der Waals surface area contributed by atoms with Gasteiger partial charge in [0.25, 0.3) is 10.0 Å². The number of carbonyl (C=O) groups is 2. The smallest absolute Gasteiger partial charge is 0.264 e. The first-order valence-corrected chi connectivity index (χ1v) is 16.9. The number of amides is 2. The van der Waals surface area contributed by atoms with E-state index in [0.717, 1.165) is 21.9 Å². The first kappa shape index (κ1) is 33.2. The summed E-state index contributed by atoms with van der Waals surface area (Å²) >= 11 is 9.72. The number of hydrogen-bond donors (Lipinski definition) is 1. The second kappa shape index (κ2) is 15.4. The molecular formula is C34H35BrClN3O4S. The van der Waals surface area contributed by atoms with Crippen LogP contribution in [0.1, 0.15) is 30.0 Å². The van der Waals surface area contributed by atoms with Crippen molar-refractivity contribution in [3.05, 3.63) is 129 Å². The third-order valence-electron chi connectivity index (χ3n) is 7.05. The Kier molecular flexibility index (Phi) is 11.6. The molecule has 4 aromatic rings. The van der Waals surface area contributed by atoms with Gasteiger partial charge in [0.05, 0.1) is 10.6 Å². The van der Waals surface area contributed by atoms with Crippen molar-refractivity contribution in [2.75, 3.05) is 17.4 Å². The number of aryl methyl sites for hydroxylation is 1. The molecule has 44 heavy (non-hydrogen) atoms. The minimum absolute atomic E-state index is 0.0490. The molecule has 0 aliphatic rings. The highest BCUT2D eigenvalue weighted by Gasteiger charge is 2.34. The lowest BCUT2D eigenvalue weighted by Gasteiger charge is -2.34. The van der Waals surface area contributed by atoms with Crippen molar-refractivity contribution in [3.63, 3.8) is 0 Å². The standard InChI is InChI=1S/C34H35BrClN3O4S/c1-3-19-37-34(41)32(21-26-9-5-4-6-10-26)38(23-27-11-7-13-29(36)20-27)33(40)24-39(30-14-8-12-28(35)22-30)44(42,43)31-17-15-25(2)16-18-31/h4-18,20,22,32H,3,19,21,23-24H2,1-2H3,(H,37,41)/t32-/m1/s1. The molecule has 1 N–H and O–H groups in total. The van der Waals surface area contributed by atoms with Crippen molar-refractivity contribution in [3.8, 4) is 0 Å². The minimum Gasteiger partial charge on any atom is -0.354 e. The van der Waals surface area contributed by atoms with Gasteiger partial charge in [0.15, 0.2) is 0 Å². The Hall–Kier alpha value is -3.66. The highest BCUT2D eigenvalue weighted by Crippen LogP contribution is 2.28. The maximum Gasteiger partial charge on any atom is 0.264 e. The normalized spacial score (nSPS) is 11.9. The van der Waals surface area contributed by atoms with Gasteiger partial charge < -0.3 is 10.2 Å². The second-order valence-corrected chi connectivity index (χ2v) is 13.7. The van der Waals surface area contributed by atoms with E-state index in [1.54, 1.807) is 54.6 Å². The molecule has 0 aliphatic heterocycles. The van der Waals surface area contributed by atoms with Crippen LogP contribution in [-0.4, -0.2) is 44.3 Å². The van der Waals surface area contributed by atoms with Crippen molar-refractivity contribution >= 4 is 55.1 Å². The number of carbonyl (C=O) groups excluding carboxylic acids is 2. The van der Waals surface area contributed by atoms with Gasteiger partial charge in [-0.15, -0.1) is 0 Å². The second-order valence-electron chi connectivity index (χ2n) is 10.5. The summed E-state index contributed by atoms with van der Waals surface area (Å²) in [6, 6.07) is 28.9. The van der Waals surface area contributed by atoms with Gasteiger partial charge in [-0.3, -0.25) is 13.9 Å². The Morgan fingerprint density at radius 1 is 0.886 bits per heavy atom. The summed E-state index contributed by atoms with van der Waals surface area (Å²) in [5, 5.41) is 3.43. The molecule has 0 saturated heterocycles. The molecule has 0 radical (unpaired) electrons. The van der Waals surface area contributed by atoms with Gasteiger partial charge in [-0.2, -0.15) is 0 Å². The number of hydrogen-bond acceptors (Lipinski definition) is 4. The summed E-state index contributed by atoms with van der Waals surface area (Å²) in [6.07, 6.45) is 0.960. The van der Waals surface area contributed by atoms with E-state index in [1.165, 1.54) is 17.0 Å². The Morgan fingerprint density at radius 3 is 2.23 bits per heavy atom. The lowest BCUT2D eigenvalue weighted by atomic mass is 10.0. The number of nitrogens with zero attached hydrogens (tertiary/aromatic N) is 2. The van der Waals surface area contributed by atoms with Gasteiger partial charge >= 0.3 is 0 Å². The monoisotopic (exact) mass is 695 g/mol. The quantitative estimate of drug-likeness (QED) is 0.167. The van der Waals surface area contributed by atoms with Crippen LogP contribution in [0.25, 0.3) is 0 Å². The van der Waals surface area contributed by atoms with E-state index in [1.807, 2.05) is 50.2 Å². The van der Waals surface area contributed by atoms with Gasteiger partial charge in [-0.1, -0.05) is 101 Å². The van der Waals surface area contributed by atoms with E-state index in [2.05, 4.69) is 21.2 Å². The molecule has 10 heteroatoms. The number of rotatable bonds is 13. The summed E-state index contributed by atoms with van der Waals surface area (Å²) < 4.78 is 29.9. The average Bonchev–Trinajstić information content (AvgIpc) is 3.01. The molecule has 1 atom stereocenters. The third kappa shape index (κ3) is 8.71. The molecule has 7 nitrogen and oxygen atoms in total. The molecule has 0 aliphatic carbocycles. The largest absolute Gasteiger partial charge is 0.354 e. The van der Waals surface area contributed by atoms with Crippen LogP contribution in [0.4, 0.5) is 5.69 Å². The molecule has 0 spiro atoms. The van der Waals surface area contributed by atoms with Crippen molar-refractivity contribution in [2.45, 2.75) is 44.2 Å². The predicted molar refractivity (Wildman–Crippen MR) is 179 cm³/mol. The summed E-state index contributed by atoms with van der Waals surface area (Å²) in [6.45, 7) is 3.78. The van der Waals surface area contributed by atoms with E-state index in [9.17, 15) is 18.0 Å². The molecule has 4 aromatic carbocycles. The van der Waals surface area contributed by atoms with Gasteiger partial charge in [-0.05, 0) is 66.9 Å². The van der Waals surface area contributed by atoms with Crippen LogP contribution in [0.3, 0.4) is 0 Å². The fraction of sp³-hybridized carbons (Fsp3) is 0.235. The average molecular weight is 697 g/mol. The van der Waals surface area contributed by atoms with E-state index >= 15 is 0 Å². The minimum atomic E-state index is -4.17. The van der Waals surface area contributed by atoms with Crippen LogP contribution in [0.5, 0.6) is 0 Å². The van der Waals surface area contributed by atoms with Crippen LogP contribution in [0.2, 0.25) is 5.02 Å². The summed E-state index contributed by atoms with van der Waals surface area (Å²) in [4.78, 5) is 29.6. The lowest BCUT2D eigenvalue weighted by molar-refractivity contribution is -0.140. The number of nitrogens with one attached hydrogen (secondary N) is 1. The lowest BCUT2D eigenvalue weighted by Crippen LogP contribution is -2.53. The number of anilines is 1. The van der Waals surface area contributed by atoms with E-state index < -0.39 is 28.5 Å². The molecule has 0 saturated carbocycles.